The third kappa shape index (κ3) is 3.08. The molecule has 0 unspecified atom stereocenters. The summed E-state index contributed by atoms with van der Waals surface area (Å²) in [5, 5.41) is 7.04. The molecule has 17 heavy (non-hydrogen) atoms. The van der Waals surface area contributed by atoms with Crippen molar-refractivity contribution in [3.05, 3.63) is 34.9 Å². The van der Waals surface area contributed by atoms with Crippen LogP contribution in [0.2, 0.25) is 0 Å². The molecule has 2 aliphatic carbocycles. The van der Waals surface area contributed by atoms with E-state index < -0.39 is 0 Å². The lowest BCUT2D eigenvalue weighted by atomic mass is 10.1. The van der Waals surface area contributed by atoms with Gasteiger partial charge in [-0.1, -0.05) is 18.2 Å². The van der Waals surface area contributed by atoms with Gasteiger partial charge in [0.1, 0.15) is 0 Å². The molecule has 1 saturated carbocycles. The Hall–Kier alpha value is -0.860. The van der Waals surface area contributed by atoms with Crippen LogP contribution in [0.15, 0.2) is 18.2 Å². The first kappa shape index (κ1) is 11.2. The highest BCUT2D eigenvalue weighted by Gasteiger charge is 2.19. The van der Waals surface area contributed by atoms with Crippen LogP contribution in [-0.4, -0.2) is 19.1 Å². The zero-order valence-electron chi connectivity index (χ0n) is 10.5. The summed E-state index contributed by atoms with van der Waals surface area (Å²) in [6.07, 6.45) is 6.67. The monoisotopic (exact) mass is 230 g/mol. The topological polar surface area (TPSA) is 24.1 Å². The minimum atomic E-state index is 0.830. The van der Waals surface area contributed by atoms with E-state index in [4.69, 9.17) is 0 Å². The van der Waals surface area contributed by atoms with Crippen LogP contribution in [0.25, 0.3) is 0 Å². The van der Waals surface area contributed by atoms with Crippen molar-refractivity contribution in [2.75, 3.05) is 13.1 Å². The van der Waals surface area contributed by atoms with E-state index in [2.05, 4.69) is 28.8 Å². The number of fused-ring (bicyclic) bond motifs is 1. The quantitative estimate of drug-likeness (QED) is 0.731. The molecule has 3 rings (SSSR count). The average molecular weight is 230 g/mol. The van der Waals surface area contributed by atoms with Crippen molar-refractivity contribution in [2.45, 2.75) is 44.7 Å². The zero-order valence-corrected chi connectivity index (χ0v) is 10.5. The maximum absolute atomic E-state index is 3.52. The Balaban J connectivity index is 1.41. The minimum Gasteiger partial charge on any atom is -0.313 e. The summed E-state index contributed by atoms with van der Waals surface area (Å²) in [5.74, 6) is 0. The maximum Gasteiger partial charge on any atom is 0.0206 e. The molecule has 1 aromatic carbocycles. The van der Waals surface area contributed by atoms with Gasteiger partial charge in [-0.2, -0.15) is 0 Å². The molecule has 92 valence electrons. The highest BCUT2D eigenvalue weighted by Crippen LogP contribution is 2.22. The fourth-order valence-corrected chi connectivity index (χ4v) is 2.62. The van der Waals surface area contributed by atoms with Gasteiger partial charge in [0, 0.05) is 25.7 Å². The largest absolute Gasteiger partial charge is 0.313 e. The lowest BCUT2D eigenvalue weighted by Crippen LogP contribution is -2.28. The van der Waals surface area contributed by atoms with Gasteiger partial charge in [-0.05, 0) is 48.8 Å². The molecule has 1 fully saturated rings. The summed E-state index contributed by atoms with van der Waals surface area (Å²) >= 11 is 0. The summed E-state index contributed by atoms with van der Waals surface area (Å²) in [6, 6.07) is 7.83. The minimum absolute atomic E-state index is 0.830. The average Bonchev–Trinajstić information content (AvgIpc) is 3.05. The Morgan fingerprint density at radius 1 is 1.06 bits per heavy atom. The van der Waals surface area contributed by atoms with Crippen LogP contribution in [-0.2, 0) is 19.4 Å². The molecule has 2 N–H and O–H groups in total. The van der Waals surface area contributed by atoms with Gasteiger partial charge in [0.2, 0.25) is 0 Å². The number of benzene rings is 1. The van der Waals surface area contributed by atoms with E-state index in [1.807, 2.05) is 0 Å². The van der Waals surface area contributed by atoms with Gasteiger partial charge < -0.3 is 10.6 Å². The Morgan fingerprint density at radius 2 is 1.94 bits per heavy atom. The first-order chi connectivity index (χ1) is 8.42. The zero-order chi connectivity index (χ0) is 11.5. The smallest absolute Gasteiger partial charge is 0.0206 e. The van der Waals surface area contributed by atoms with Crippen LogP contribution in [0, 0.1) is 0 Å². The van der Waals surface area contributed by atoms with Gasteiger partial charge in [0.15, 0.2) is 0 Å². The van der Waals surface area contributed by atoms with Crippen molar-refractivity contribution >= 4 is 0 Å². The molecule has 0 aromatic heterocycles. The lowest BCUT2D eigenvalue weighted by molar-refractivity contribution is 0.608. The Labute approximate surface area is 104 Å². The third-order valence-corrected chi connectivity index (χ3v) is 3.80. The molecule has 0 bridgehead atoms. The van der Waals surface area contributed by atoms with Gasteiger partial charge in [-0.3, -0.25) is 0 Å². The number of hydrogen-bond acceptors (Lipinski definition) is 2. The molecule has 0 atom stereocenters. The summed E-state index contributed by atoms with van der Waals surface area (Å²) in [6.45, 7) is 3.20. The van der Waals surface area contributed by atoms with Gasteiger partial charge in [0.25, 0.3) is 0 Å². The lowest BCUT2D eigenvalue weighted by Gasteiger charge is -2.07. The molecule has 2 aliphatic rings. The van der Waals surface area contributed by atoms with Crippen LogP contribution in [0.3, 0.4) is 0 Å². The van der Waals surface area contributed by atoms with E-state index in [0.29, 0.717) is 0 Å². The van der Waals surface area contributed by atoms with Crippen LogP contribution in [0.4, 0.5) is 0 Å². The van der Waals surface area contributed by atoms with Crippen LogP contribution in [0.1, 0.15) is 36.0 Å². The van der Waals surface area contributed by atoms with Gasteiger partial charge >= 0.3 is 0 Å². The molecule has 1 aromatic rings. The summed E-state index contributed by atoms with van der Waals surface area (Å²) < 4.78 is 0. The molecule has 2 nitrogen and oxygen atoms in total. The predicted octanol–water partition coefficient (Wildman–Crippen LogP) is 2.02. The van der Waals surface area contributed by atoms with E-state index in [-0.39, 0.29) is 0 Å². The second kappa shape index (κ2) is 5.19. The molecule has 2 heteroatoms. The van der Waals surface area contributed by atoms with E-state index >= 15 is 0 Å². The molecule has 0 amide bonds. The van der Waals surface area contributed by atoms with Crippen molar-refractivity contribution in [1.82, 2.24) is 10.6 Å². The van der Waals surface area contributed by atoms with Crippen molar-refractivity contribution < 1.29 is 0 Å². The number of hydrogen-bond donors (Lipinski definition) is 2. The number of nitrogens with one attached hydrogen (secondary N) is 2. The summed E-state index contributed by atoms with van der Waals surface area (Å²) in [4.78, 5) is 0. The molecular weight excluding hydrogens is 208 g/mol. The number of aryl methyl sites for hydroxylation is 2. The highest BCUT2D eigenvalue weighted by atomic mass is 15.0. The van der Waals surface area contributed by atoms with Crippen molar-refractivity contribution in [3.8, 4) is 0 Å². The molecule has 0 radical (unpaired) electrons. The maximum atomic E-state index is 3.52. The third-order valence-electron chi connectivity index (χ3n) is 3.80. The first-order valence-corrected chi connectivity index (χ1v) is 6.96. The van der Waals surface area contributed by atoms with E-state index in [1.54, 1.807) is 11.1 Å². The molecule has 0 aliphatic heterocycles. The van der Waals surface area contributed by atoms with Gasteiger partial charge in [-0.15, -0.1) is 0 Å². The fraction of sp³-hybridized carbons (Fsp3) is 0.600. The van der Waals surface area contributed by atoms with Crippen molar-refractivity contribution in [1.29, 1.82) is 0 Å². The van der Waals surface area contributed by atoms with Crippen LogP contribution < -0.4 is 10.6 Å². The van der Waals surface area contributed by atoms with Crippen LogP contribution >= 0.6 is 0 Å². The van der Waals surface area contributed by atoms with E-state index in [9.17, 15) is 0 Å². The highest BCUT2D eigenvalue weighted by molar-refractivity contribution is 5.35. The summed E-state index contributed by atoms with van der Waals surface area (Å²) in [5.41, 5.74) is 4.60. The van der Waals surface area contributed by atoms with Crippen molar-refractivity contribution in [2.24, 2.45) is 0 Å². The molecule has 0 spiro atoms. The van der Waals surface area contributed by atoms with E-state index in [1.165, 1.54) is 37.7 Å². The Bertz CT molecular complexity index is 383. The first-order valence-electron chi connectivity index (χ1n) is 6.96. The van der Waals surface area contributed by atoms with E-state index in [0.717, 1.165) is 25.7 Å². The fourth-order valence-electron chi connectivity index (χ4n) is 2.62. The van der Waals surface area contributed by atoms with Crippen LogP contribution in [0.5, 0.6) is 0 Å². The predicted molar refractivity (Wildman–Crippen MR) is 71.2 cm³/mol. The van der Waals surface area contributed by atoms with Gasteiger partial charge in [-0.25, -0.2) is 0 Å². The number of rotatable bonds is 6. The Morgan fingerprint density at radius 3 is 2.82 bits per heavy atom. The Kier molecular flexibility index (Phi) is 3.44. The standard InChI is InChI=1S/C15H22N2/c1-2-13-5-4-12(10-14(13)3-1)11-16-8-9-17-15-6-7-15/h4-5,10,15-17H,1-3,6-9,11H2. The molecule has 0 saturated heterocycles. The second-order valence-electron chi connectivity index (χ2n) is 5.36. The second-order valence-corrected chi connectivity index (χ2v) is 5.36. The molecular formula is C15H22N2. The van der Waals surface area contributed by atoms with Gasteiger partial charge in [0.05, 0.1) is 0 Å². The summed E-state index contributed by atoms with van der Waals surface area (Å²) in [7, 11) is 0. The normalized spacial score (nSPS) is 18.4. The SMILES string of the molecule is c1cc2c(cc1CNCCNC1CC1)CCC2. The van der Waals surface area contributed by atoms with Crippen molar-refractivity contribution in [3.63, 3.8) is 0 Å². The molecule has 0 heterocycles.